The highest BCUT2D eigenvalue weighted by Gasteiger charge is 2.66. The minimum Gasteiger partial charge on any atom is -0.355 e. The number of Topliss-reactive ketones (excluding diaryl/α,β-unsaturated/α-hetero) is 1. The van der Waals surface area contributed by atoms with Crippen molar-refractivity contribution in [2.75, 3.05) is 0 Å². The van der Waals surface area contributed by atoms with Crippen LogP contribution in [0.25, 0.3) is 11.3 Å². The third-order valence-electron chi connectivity index (χ3n) is 3.08. The van der Waals surface area contributed by atoms with Crippen molar-refractivity contribution in [3.8, 4) is 11.3 Å². The molecule has 0 fully saturated rings. The van der Waals surface area contributed by atoms with Gasteiger partial charge in [0.25, 0.3) is 0 Å². The molecule has 0 aliphatic heterocycles. The van der Waals surface area contributed by atoms with E-state index in [1.807, 2.05) is 0 Å². The molecule has 0 amide bonds. The molecular formula is C13H12F5NO2S. The fraction of sp³-hybridized carbons (Fsp3) is 0.231. The second-order valence-corrected chi connectivity index (χ2v) is 7.36. The second-order valence-electron chi connectivity index (χ2n) is 4.98. The molecule has 22 heavy (non-hydrogen) atoms. The van der Waals surface area contributed by atoms with Crippen LogP contribution in [0.15, 0.2) is 27.6 Å². The van der Waals surface area contributed by atoms with Gasteiger partial charge in [-0.25, -0.2) is 0 Å². The lowest BCUT2D eigenvalue weighted by molar-refractivity contribution is 0.101. The van der Waals surface area contributed by atoms with Gasteiger partial charge < -0.3 is 4.52 Å². The first kappa shape index (κ1) is 16.5. The van der Waals surface area contributed by atoms with E-state index in [9.17, 15) is 24.2 Å². The quantitative estimate of drug-likeness (QED) is 0.522. The number of hydrogen-bond donors (Lipinski definition) is 0. The average molecular weight is 341 g/mol. The summed E-state index contributed by atoms with van der Waals surface area (Å²) in [5, 5.41) is 3.51. The van der Waals surface area contributed by atoms with E-state index < -0.39 is 26.5 Å². The summed E-state index contributed by atoms with van der Waals surface area (Å²) in [5.41, 5.74) is -0.739. The van der Waals surface area contributed by atoms with Crippen molar-refractivity contribution in [2.45, 2.75) is 25.7 Å². The van der Waals surface area contributed by atoms with Gasteiger partial charge in [0.05, 0.1) is 11.3 Å². The van der Waals surface area contributed by atoms with Gasteiger partial charge in [-0.3, -0.25) is 4.79 Å². The van der Waals surface area contributed by atoms with Crippen LogP contribution in [0.2, 0.25) is 0 Å². The number of carbonyl (C=O) groups is 1. The Balaban J connectivity index is 2.75. The standard InChI is InChI=1S/C13H12F5NO2S/c1-7-4-5-10(6-11(7)22(14,15,16,17)18)13-12(9(3)20)8(2)19-21-13/h4-6H,1-3H3. The summed E-state index contributed by atoms with van der Waals surface area (Å²) < 4.78 is 70.1. The molecule has 3 nitrogen and oxygen atoms in total. The number of carbonyl (C=O) groups excluding carboxylic acids is 1. The van der Waals surface area contributed by atoms with Crippen molar-refractivity contribution in [1.29, 1.82) is 0 Å². The van der Waals surface area contributed by atoms with Crippen molar-refractivity contribution in [2.24, 2.45) is 0 Å². The van der Waals surface area contributed by atoms with Gasteiger partial charge in [-0.15, -0.1) is 0 Å². The van der Waals surface area contributed by atoms with E-state index in [1.54, 1.807) is 0 Å². The number of benzene rings is 1. The molecule has 2 aromatic rings. The lowest BCUT2D eigenvalue weighted by Crippen LogP contribution is -2.08. The summed E-state index contributed by atoms with van der Waals surface area (Å²) in [6, 6.07) is 2.38. The van der Waals surface area contributed by atoms with Crippen LogP contribution in [0.4, 0.5) is 19.4 Å². The maximum atomic E-state index is 13.1. The van der Waals surface area contributed by atoms with E-state index in [4.69, 9.17) is 4.52 Å². The molecule has 0 aliphatic carbocycles. The molecule has 0 atom stereocenters. The Morgan fingerprint density at radius 1 is 1.14 bits per heavy atom. The number of aromatic nitrogens is 1. The van der Waals surface area contributed by atoms with Gasteiger partial charge >= 0.3 is 10.2 Å². The Bertz CT molecular complexity index is 780. The number of hydrogen-bond acceptors (Lipinski definition) is 3. The lowest BCUT2D eigenvalue weighted by Gasteiger charge is -2.41. The Labute approximate surface area is 122 Å². The van der Waals surface area contributed by atoms with Crippen molar-refractivity contribution in [3.05, 3.63) is 35.0 Å². The van der Waals surface area contributed by atoms with Crippen molar-refractivity contribution < 1.29 is 28.7 Å². The third-order valence-corrected chi connectivity index (χ3v) is 4.35. The Hall–Kier alpha value is -1.90. The molecule has 0 bridgehead atoms. The molecule has 0 spiro atoms. The van der Waals surface area contributed by atoms with Gasteiger partial charge in [-0.05, 0) is 32.4 Å². The molecule has 0 radical (unpaired) electrons. The minimum atomic E-state index is -9.84. The van der Waals surface area contributed by atoms with Gasteiger partial charge in [0, 0.05) is 5.56 Å². The fourth-order valence-electron chi connectivity index (χ4n) is 2.14. The Morgan fingerprint density at radius 2 is 1.73 bits per heavy atom. The highest BCUT2D eigenvalue weighted by Crippen LogP contribution is 3.02. The number of rotatable bonds is 3. The second kappa shape index (κ2) is 4.09. The number of aryl methyl sites for hydroxylation is 2. The van der Waals surface area contributed by atoms with Crippen molar-refractivity contribution in [3.63, 3.8) is 0 Å². The summed E-state index contributed by atoms with van der Waals surface area (Å²) in [7, 11) is -9.84. The van der Waals surface area contributed by atoms with Crippen molar-refractivity contribution in [1.82, 2.24) is 5.16 Å². The maximum Gasteiger partial charge on any atom is 0.310 e. The van der Waals surface area contributed by atoms with Crippen LogP contribution >= 0.6 is 10.2 Å². The fourth-order valence-corrected chi connectivity index (χ4v) is 3.16. The first-order chi connectivity index (χ1) is 9.70. The van der Waals surface area contributed by atoms with Crippen LogP contribution in [-0.2, 0) is 0 Å². The van der Waals surface area contributed by atoms with Crippen LogP contribution in [-0.4, -0.2) is 10.9 Å². The SMILES string of the molecule is CC(=O)c1c(C)noc1-c1ccc(C)c(S(F)(F)(F)(F)F)c1. The Kier molecular flexibility index (Phi) is 3.06. The molecule has 2 rings (SSSR count). The molecule has 0 saturated heterocycles. The zero-order valence-corrected chi connectivity index (χ0v) is 12.6. The molecule has 0 saturated carbocycles. The molecule has 0 aliphatic rings. The Morgan fingerprint density at radius 3 is 2.23 bits per heavy atom. The normalized spacial score (nSPS) is 15.3. The summed E-state index contributed by atoms with van der Waals surface area (Å²) in [6.45, 7) is 3.56. The monoisotopic (exact) mass is 341 g/mol. The zero-order chi connectivity index (χ0) is 17.0. The lowest BCUT2D eigenvalue weighted by atomic mass is 10.0. The number of nitrogens with zero attached hydrogens (tertiary/aromatic N) is 1. The maximum absolute atomic E-state index is 13.1. The predicted molar refractivity (Wildman–Crippen MR) is 72.8 cm³/mol. The van der Waals surface area contributed by atoms with Gasteiger partial charge in [-0.2, -0.15) is 0 Å². The van der Waals surface area contributed by atoms with Crippen LogP contribution in [0.3, 0.4) is 0 Å². The van der Waals surface area contributed by atoms with Crippen LogP contribution in [0, 0.1) is 13.8 Å². The largest absolute Gasteiger partial charge is 0.355 e. The molecule has 0 N–H and O–H groups in total. The van der Waals surface area contributed by atoms with Crippen LogP contribution in [0.5, 0.6) is 0 Å². The molecule has 0 unspecified atom stereocenters. The highest BCUT2D eigenvalue weighted by molar-refractivity contribution is 8.45. The van der Waals surface area contributed by atoms with E-state index >= 15 is 0 Å². The predicted octanol–water partition coefficient (Wildman–Crippen LogP) is 5.82. The van der Waals surface area contributed by atoms with Gasteiger partial charge in [-0.1, -0.05) is 36.7 Å². The van der Waals surface area contributed by atoms with E-state index in [1.165, 1.54) is 19.9 Å². The van der Waals surface area contributed by atoms with E-state index in [0.29, 0.717) is 6.07 Å². The molecule has 1 heterocycles. The van der Waals surface area contributed by atoms with E-state index in [-0.39, 0.29) is 22.6 Å². The summed E-state index contributed by atoms with van der Waals surface area (Å²) in [6.07, 6.45) is 0. The van der Waals surface area contributed by atoms with E-state index in [2.05, 4.69) is 5.16 Å². The summed E-state index contributed by atoms with van der Waals surface area (Å²) in [5.74, 6) is -0.740. The molecule has 122 valence electrons. The smallest absolute Gasteiger partial charge is 0.310 e. The molecule has 1 aromatic carbocycles. The minimum absolute atomic E-state index is 0.0306. The summed E-state index contributed by atoms with van der Waals surface area (Å²) >= 11 is 0. The molecular weight excluding hydrogens is 329 g/mol. The number of halogens is 5. The third kappa shape index (κ3) is 2.99. The van der Waals surface area contributed by atoms with Gasteiger partial charge in [0.1, 0.15) is 4.90 Å². The van der Waals surface area contributed by atoms with E-state index in [0.717, 1.165) is 13.0 Å². The number of ketones is 1. The first-order valence-electron chi connectivity index (χ1n) is 6.03. The highest BCUT2D eigenvalue weighted by atomic mass is 32.5. The van der Waals surface area contributed by atoms with Gasteiger partial charge in [0.15, 0.2) is 11.5 Å². The average Bonchev–Trinajstić information content (AvgIpc) is 2.68. The molecule has 9 heteroatoms. The van der Waals surface area contributed by atoms with Crippen LogP contribution < -0.4 is 0 Å². The van der Waals surface area contributed by atoms with Gasteiger partial charge in [0.2, 0.25) is 0 Å². The first-order valence-corrected chi connectivity index (χ1v) is 7.98. The van der Waals surface area contributed by atoms with Crippen LogP contribution in [0.1, 0.15) is 28.5 Å². The zero-order valence-electron chi connectivity index (χ0n) is 11.8. The van der Waals surface area contributed by atoms with Crippen molar-refractivity contribution >= 4 is 16.0 Å². The topological polar surface area (TPSA) is 43.1 Å². The molecule has 1 aromatic heterocycles. The summed E-state index contributed by atoms with van der Waals surface area (Å²) in [4.78, 5) is 9.53.